The molecular formula is C22H18N4O2. The van der Waals surface area contributed by atoms with Gasteiger partial charge in [0.2, 0.25) is 11.8 Å². The quantitative estimate of drug-likeness (QED) is 0.555. The van der Waals surface area contributed by atoms with Gasteiger partial charge in [-0.2, -0.15) is 4.98 Å². The van der Waals surface area contributed by atoms with Crippen LogP contribution in [0.25, 0.3) is 10.8 Å². The highest BCUT2D eigenvalue weighted by molar-refractivity contribution is 6.07. The van der Waals surface area contributed by atoms with Gasteiger partial charge in [-0.15, -0.1) is 0 Å². The van der Waals surface area contributed by atoms with E-state index in [1.54, 1.807) is 12.1 Å². The Bertz CT molecular complexity index is 1130. The molecule has 0 saturated carbocycles. The van der Waals surface area contributed by atoms with Gasteiger partial charge in [0.15, 0.2) is 0 Å². The standard InChI is InChI=1S/C22H18N4O2/c23-22-24-12-11-20(26-22)28-17-9-10-18-16(13-17)7-4-8-19(18)21(27)25-14-15-5-2-1-3-6-15/h1-13H,14H2,(H,25,27)(H2,23,24,26). The van der Waals surface area contributed by atoms with Crippen LogP contribution in [0.3, 0.4) is 0 Å². The average molecular weight is 370 g/mol. The first kappa shape index (κ1) is 17.5. The van der Waals surface area contributed by atoms with Crippen molar-refractivity contribution in [2.45, 2.75) is 6.54 Å². The van der Waals surface area contributed by atoms with Gasteiger partial charge >= 0.3 is 0 Å². The van der Waals surface area contributed by atoms with E-state index in [1.807, 2.05) is 60.7 Å². The predicted octanol–water partition coefficient (Wildman–Crippen LogP) is 3.93. The van der Waals surface area contributed by atoms with Crippen LogP contribution < -0.4 is 15.8 Å². The first-order valence-corrected chi connectivity index (χ1v) is 8.80. The number of amides is 1. The lowest BCUT2D eigenvalue weighted by Crippen LogP contribution is -2.22. The summed E-state index contributed by atoms with van der Waals surface area (Å²) < 4.78 is 5.74. The monoisotopic (exact) mass is 370 g/mol. The number of aromatic nitrogens is 2. The van der Waals surface area contributed by atoms with Gasteiger partial charge < -0.3 is 15.8 Å². The molecule has 0 spiro atoms. The zero-order chi connectivity index (χ0) is 19.3. The second-order valence-corrected chi connectivity index (χ2v) is 6.21. The summed E-state index contributed by atoms with van der Waals surface area (Å²) in [6, 6.07) is 22.6. The topological polar surface area (TPSA) is 90.1 Å². The molecule has 1 heterocycles. The fourth-order valence-electron chi connectivity index (χ4n) is 2.93. The Morgan fingerprint density at radius 2 is 1.86 bits per heavy atom. The van der Waals surface area contributed by atoms with Crippen LogP contribution in [0.5, 0.6) is 11.6 Å². The largest absolute Gasteiger partial charge is 0.439 e. The Labute approximate surface area is 162 Å². The normalized spacial score (nSPS) is 10.6. The molecule has 4 aromatic rings. The van der Waals surface area contributed by atoms with E-state index in [0.717, 1.165) is 16.3 Å². The molecule has 3 aromatic carbocycles. The number of hydrogen-bond donors (Lipinski definition) is 2. The van der Waals surface area contributed by atoms with Gasteiger partial charge in [0.05, 0.1) is 0 Å². The van der Waals surface area contributed by atoms with Crippen LogP contribution in [0.15, 0.2) is 79.0 Å². The van der Waals surface area contributed by atoms with E-state index in [0.29, 0.717) is 23.7 Å². The Hall–Kier alpha value is -3.93. The molecule has 6 nitrogen and oxygen atoms in total. The molecule has 28 heavy (non-hydrogen) atoms. The van der Waals surface area contributed by atoms with Crippen molar-refractivity contribution < 1.29 is 9.53 Å². The van der Waals surface area contributed by atoms with Crippen LogP contribution in [0, 0.1) is 0 Å². The van der Waals surface area contributed by atoms with Crippen LogP contribution in [0.2, 0.25) is 0 Å². The fraction of sp³-hybridized carbons (Fsp3) is 0.0455. The van der Waals surface area contributed by atoms with E-state index in [2.05, 4.69) is 15.3 Å². The van der Waals surface area contributed by atoms with Crippen molar-refractivity contribution in [1.82, 2.24) is 15.3 Å². The smallest absolute Gasteiger partial charge is 0.252 e. The van der Waals surface area contributed by atoms with Crippen LogP contribution in [0.1, 0.15) is 15.9 Å². The van der Waals surface area contributed by atoms with E-state index in [-0.39, 0.29) is 11.9 Å². The van der Waals surface area contributed by atoms with Gasteiger partial charge in [0.1, 0.15) is 5.75 Å². The molecule has 1 amide bonds. The van der Waals surface area contributed by atoms with Crippen molar-refractivity contribution in [3.63, 3.8) is 0 Å². The zero-order valence-electron chi connectivity index (χ0n) is 15.0. The summed E-state index contributed by atoms with van der Waals surface area (Å²) in [4.78, 5) is 20.5. The van der Waals surface area contributed by atoms with Crippen molar-refractivity contribution in [3.05, 3.63) is 90.1 Å². The lowest BCUT2D eigenvalue weighted by molar-refractivity contribution is 0.0952. The van der Waals surface area contributed by atoms with Crippen LogP contribution in [0.4, 0.5) is 5.95 Å². The van der Waals surface area contributed by atoms with E-state index in [4.69, 9.17) is 10.5 Å². The molecule has 1 aromatic heterocycles. The molecule has 0 atom stereocenters. The van der Waals surface area contributed by atoms with Crippen molar-refractivity contribution in [1.29, 1.82) is 0 Å². The number of hydrogen-bond acceptors (Lipinski definition) is 5. The molecule has 0 saturated heterocycles. The van der Waals surface area contributed by atoms with E-state index < -0.39 is 0 Å². The summed E-state index contributed by atoms with van der Waals surface area (Å²) >= 11 is 0. The number of nitrogens with one attached hydrogen (secondary N) is 1. The number of fused-ring (bicyclic) bond motifs is 1. The minimum absolute atomic E-state index is 0.119. The summed E-state index contributed by atoms with van der Waals surface area (Å²) in [5.74, 6) is 0.999. The van der Waals surface area contributed by atoms with Crippen molar-refractivity contribution in [2.75, 3.05) is 5.73 Å². The predicted molar refractivity (Wildman–Crippen MR) is 108 cm³/mol. The van der Waals surface area contributed by atoms with Gasteiger partial charge in [-0.3, -0.25) is 4.79 Å². The maximum Gasteiger partial charge on any atom is 0.252 e. The second-order valence-electron chi connectivity index (χ2n) is 6.21. The maximum atomic E-state index is 12.7. The van der Waals surface area contributed by atoms with Gasteiger partial charge in [-0.05, 0) is 40.6 Å². The summed E-state index contributed by atoms with van der Waals surface area (Å²) in [6.07, 6.45) is 1.54. The maximum absolute atomic E-state index is 12.7. The third-order valence-corrected chi connectivity index (χ3v) is 4.26. The number of nitrogens with two attached hydrogens (primary N) is 1. The van der Waals surface area contributed by atoms with Gasteiger partial charge in [-0.1, -0.05) is 42.5 Å². The minimum atomic E-state index is -0.119. The molecule has 0 bridgehead atoms. The molecule has 0 aliphatic carbocycles. The Morgan fingerprint density at radius 1 is 1.00 bits per heavy atom. The molecule has 0 radical (unpaired) electrons. The van der Waals surface area contributed by atoms with Crippen LogP contribution >= 0.6 is 0 Å². The molecule has 0 aliphatic heterocycles. The molecule has 0 fully saturated rings. The van der Waals surface area contributed by atoms with E-state index >= 15 is 0 Å². The zero-order valence-corrected chi connectivity index (χ0v) is 15.0. The molecule has 0 unspecified atom stereocenters. The lowest BCUT2D eigenvalue weighted by Gasteiger charge is -2.10. The molecule has 3 N–H and O–H groups in total. The number of rotatable bonds is 5. The molecule has 6 heteroatoms. The average Bonchev–Trinajstić information content (AvgIpc) is 2.72. The lowest BCUT2D eigenvalue weighted by atomic mass is 10.0. The summed E-state index contributed by atoms with van der Waals surface area (Å²) in [7, 11) is 0. The number of anilines is 1. The Morgan fingerprint density at radius 3 is 2.68 bits per heavy atom. The molecular weight excluding hydrogens is 352 g/mol. The third-order valence-electron chi connectivity index (χ3n) is 4.26. The molecule has 138 valence electrons. The SMILES string of the molecule is Nc1nccc(Oc2ccc3c(C(=O)NCc4ccccc4)cccc3c2)n1. The van der Waals surface area contributed by atoms with Crippen molar-refractivity contribution in [3.8, 4) is 11.6 Å². The summed E-state index contributed by atoms with van der Waals surface area (Å²) in [5.41, 5.74) is 7.25. The number of nitrogen functional groups attached to an aromatic ring is 1. The van der Waals surface area contributed by atoms with Crippen molar-refractivity contribution >= 4 is 22.6 Å². The van der Waals surface area contributed by atoms with E-state index in [1.165, 1.54) is 6.20 Å². The van der Waals surface area contributed by atoms with Gasteiger partial charge in [0, 0.05) is 24.4 Å². The van der Waals surface area contributed by atoms with E-state index in [9.17, 15) is 4.79 Å². The molecule has 0 aliphatic rings. The number of nitrogens with zero attached hydrogens (tertiary/aromatic N) is 2. The number of carbonyl (C=O) groups excluding carboxylic acids is 1. The first-order valence-electron chi connectivity index (χ1n) is 8.80. The second kappa shape index (κ2) is 7.75. The summed E-state index contributed by atoms with van der Waals surface area (Å²) in [5, 5.41) is 4.71. The Balaban J connectivity index is 1.55. The number of carbonyl (C=O) groups is 1. The van der Waals surface area contributed by atoms with Crippen molar-refractivity contribution in [2.24, 2.45) is 0 Å². The van der Waals surface area contributed by atoms with Crippen LogP contribution in [-0.4, -0.2) is 15.9 Å². The number of benzene rings is 3. The van der Waals surface area contributed by atoms with Gasteiger partial charge in [-0.25, -0.2) is 4.98 Å². The van der Waals surface area contributed by atoms with Gasteiger partial charge in [0.25, 0.3) is 5.91 Å². The summed E-state index contributed by atoms with van der Waals surface area (Å²) in [6.45, 7) is 0.479. The fourth-order valence-corrected chi connectivity index (χ4v) is 2.93. The molecule has 4 rings (SSSR count). The van der Waals surface area contributed by atoms with Crippen LogP contribution in [-0.2, 0) is 6.54 Å². The highest BCUT2D eigenvalue weighted by atomic mass is 16.5. The number of ether oxygens (including phenoxy) is 1. The highest BCUT2D eigenvalue weighted by Crippen LogP contribution is 2.27. The first-order chi connectivity index (χ1) is 13.7. The Kier molecular flexibility index (Phi) is 4.84. The highest BCUT2D eigenvalue weighted by Gasteiger charge is 2.11. The minimum Gasteiger partial charge on any atom is -0.439 e. The third kappa shape index (κ3) is 3.91.